The van der Waals surface area contributed by atoms with E-state index < -0.39 is 11.6 Å². The van der Waals surface area contributed by atoms with Gasteiger partial charge < -0.3 is 9.64 Å². The lowest BCUT2D eigenvalue weighted by molar-refractivity contribution is -0.142. The number of fused-ring (bicyclic) bond motifs is 1. The Labute approximate surface area is 119 Å². The molecule has 1 atom stereocenters. The molecule has 1 aromatic rings. The number of allylic oxidation sites excluding steroid dienone is 1. The van der Waals surface area contributed by atoms with Gasteiger partial charge in [0, 0.05) is 11.3 Å². The normalized spacial score (nSPS) is 18.1. The fourth-order valence-corrected chi connectivity index (χ4v) is 3.01. The van der Waals surface area contributed by atoms with Crippen molar-refractivity contribution in [3.8, 4) is 0 Å². The molecule has 4 heteroatoms. The predicted molar refractivity (Wildman–Crippen MR) is 78.1 cm³/mol. The van der Waals surface area contributed by atoms with Gasteiger partial charge in [-0.2, -0.15) is 0 Å². The molecule has 0 aromatic heterocycles. The largest absolute Gasteiger partial charge is 0.467 e. The molecule has 0 amide bonds. The van der Waals surface area contributed by atoms with E-state index in [1.54, 1.807) is 13.0 Å². The van der Waals surface area contributed by atoms with E-state index in [4.69, 9.17) is 4.74 Å². The lowest BCUT2D eigenvalue weighted by Crippen LogP contribution is -2.53. The number of halogens is 1. The van der Waals surface area contributed by atoms with E-state index in [1.807, 2.05) is 25.7 Å². The molecule has 2 rings (SSSR count). The van der Waals surface area contributed by atoms with Gasteiger partial charge in [0.1, 0.15) is 11.9 Å². The number of benzene rings is 1. The summed E-state index contributed by atoms with van der Waals surface area (Å²) in [6.07, 6.45) is 2.09. The Kier molecular flexibility index (Phi) is 3.59. The molecule has 0 bridgehead atoms. The molecule has 1 heterocycles. The summed E-state index contributed by atoms with van der Waals surface area (Å²) >= 11 is 0. The first-order valence-electron chi connectivity index (χ1n) is 6.64. The Hall–Kier alpha value is -1.84. The molecule has 1 aliphatic rings. The van der Waals surface area contributed by atoms with E-state index in [9.17, 15) is 9.18 Å². The van der Waals surface area contributed by atoms with Gasteiger partial charge in [-0.15, -0.1) is 0 Å². The van der Waals surface area contributed by atoms with Crippen LogP contribution in [0.15, 0.2) is 24.3 Å². The molecule has 0 N–H and O–H groups in total. The van der Waals surface area contributed by atoms with Crippen LogP contribution in [0.3, 0.4) is 0 Å². The number of carbonyl (C=O) groups excluding carboxylic acids is 1. The maximum absolute atomic E-state index is 13.6. The van der Waals surface area contributed by atoms with E-state index in [1.165, 1.54) is 19.2 Å². The van der Waals surface area contributed by atoms with Crippen molar-refractivity contribution in [2.75, 3.05) is 12.0 Å². The Morgan fingerprint density at radius 1 is 1.40 bits per heavy atom. The summed E-state index contributed by atoms with van der Waals surface area (Å²) in [6, 6.07) is 4.19. The Balaban J connectivity index is 2.61. The number of esters is 1. The van der Waals surface area contributed by atoms with Crippen LogP contribution in [0.1, 0.15) is 33.3 Å². The Morgan fingerprint density at radius 3 is 2.65 bits per heavy atom. The number of rotatable bonds is 2. The van der Waals surface area contributed by atoms with Crippen molar-refractivity contribution in [2.45, 2.75) is 39.3 Å². The smallest absolute Gasteiger partial charge is 0.328 e. The maximum Gasteiger partial charge on any atom is 0.328 e. The SMILES string of the molecule is COC(=O)C(C)N1c2cc(F)ccc2C(C)=CC1(C)C. The molecule has 1 aliphatic heterocycles. The molecule has 108 valence electrons. The second-order valence-corrected chi connectivity index (χ2v) is 5.71. The fraction of sp³-hybridized carbons (Fsp3) is 0.438. The highest BCUT2D eigenvalue weighted by molar-refractivity contribution is 5.87. The van der Waals surface area contributed by atoms with Gasteiger partial charge in [0.25, 0.3) is 0 Å². The summed E-state index contributed by atoms with van der Waals surface area (Å²) in [5, 5.41) is 0. The van der Waals surface area contributed by atoms with Gasteiger partial charge in [-0.1, -0.05) is 6.08 Å². The molecule has 0 spiro atoms. The van der Waals surface area contributed by atoms with Crippen molar-refractivity contribution >= 4 is 17.2 Å². The summed E-state index contributed by atoms with van der Waals surface area (Å²) in [4.78, 5) is 13.8. The predicted octanol–water partition coefficient (Wildman–Crippen LogP) is 3.39. The minimum Gasteiger partial charge on any atom is -0.467 e. The molecule has 0 radical (unpaired) electrons. The first kappa shape index (κ1) is 14.6. The number of anilines is 1. The van der Waals surface area contributed by atoms with E-state index >= 15 is 0 Å². The molecule has 1 aromatic carbocycles. The first-order chi connectivity index (χ1) is 9.27. The van der Waals surface area contributed by atoms with E-state index in [2.05, 4.69) is 6.08 Å². The summed E-state index contributed by atoms with van der Waals surface area (Å²) in [6.45, 7) is 7.78. The molecule has 20 heavy (non-hydrogen) atoms. The van der Waals surface area contributed by atoms with Crippen LogP contribution in [0.5, 0.6) is 0 Å². The van der Waals surface area contributed by atoms with E-state index in [-0.39, 0.29) is 11.8 Å². The topological polar surface area (TPSA) is 29.5 Å². The van der Waals surface area contributed by atoms with Gasteiger partial charge in [0.05, 0.1) is 12.6 Å². The van der Waals surface area contributed by atoms with E-state index in [0.717, 1.165) is 16.8 Å². The quantitative estimate of drug-likeness (QED) is 0.776. The molecule has 1 unspecified atom stereocenters. The summed E-state index contributed by atoms with van der Waals surface area (Å²) < 4.78 is 18.5. The Morgan fingerprint density at radius 2 is 2.05 bits per heavy atom. The lowest BCUT2D eigenvalue weighted by atomic mass is 9.87. The van der Waals surface area contributed by atoms with Gasteiger partial charge >= 0.3 is 5.97 Å². The zero-order chi connectivity index (χ0) is 15.1. The average molecular weight is 277 g/mol. The molecule has 0 saturated carbocycles. The summed E-state index contributed by atoms with van der Waals surface area (Å²) in [5.74, 6) is -0.641. The highest BCUT2D eigenvalue weighted by Gasteiger charge is 2.37. The molecule has 0 fully saturated rings. The molecule has 0 saturated heterocycles. The maximum atomic E-state index is 13.6. The standard InChI is InChI=1S/C16H20FNO2/c1-10-9-16(3,4)18(11(2)15(19)20-5)14-8-12(17)6-7-13(10)14/h6-9,11H,1-5H3. The number of nitrogens with zero attached hydrogens (tertiary/aromatic N) is 1. The minimum absolute atomic E-state index is 0.309. The van der Waals surface area contributed by atoms with Crippen molar-refractivity contribution in [2.24, 2.45) is 0 Å². The zero-order valence-corrected chi connectivity index (χ0v) is 12.5. The van der Waals surface area contributed by atoms with Gasteiger partial charge in [0.2, 0.25) is 0 Å². The van der Waals surface area contributed by atoms with Crippen LogP contribution in [0.2, 0.25) is 0 Å². The molecule has 0 aliphatic carbocycles. The van der Waals surface area contributed by atoms with Crippen molar-refractivity contribution in [3.05, 3.63) is 35.7 Å². The van der Waals surface area contributed by atoms with Crippen LogP contribution in [0.4, 0.5) is 10.1 Å². The number of hydrogen-bond donors (Lipinski definition) is 0. The minimum atomic E-state index is -0.486. The fourth-order valence-electron chi connectivity index (χ4n) is 3.01. The lowest BCUT2D eigenvalue weighted by Gasteiger charge is -2.45. The molecular formula is C16H20FNO2. The van der Waals surface area contributed by atoms with Gasteiger partial charge in [0.15, 0.2) is 0 Å². The van der Waals surface area contributed by atoms with Crippen LogP contribution in [-0.2, 0) is 9.53 Å². The monoisotopic (exact) mass is 277 g/mol. The highest BCUT2D eigenvalue weighted by atomic mass is 19.1. The molecule has 3 nitrogen and oxygen atoms in total. The number of carbonyl (C=O) groups is 1. The zero-order valence-electron chi connectivity index (χ0n) is 12.5. The van der Waals surface area contributed by atoms with Crippen molar-refractivity contribution < 1.29 is 13.9 Å². The van der Waals surface area contributed by atoms with Crippen LogP contribution in [0, 0.1) is 5.82 Å². The van der Waals surface area contributed by atoms with Gasteiger partial charge in [-0.05, 0) is 51.5 Å². The summed E-state index contributed by atoms with van der Waals surface area (Å²) in [5.41, 5.74) is 2.37. The second kappa shape index (κ2) is 4.93. The Bertz CT molecular complexity index is 578. The van der Waals surface area contributed by atoms with Crippen molar-refractivity contribution in [1.29, 1.82) is 0 Å². The number of hydrogen-bond acceptors (Lipinski definition) is 3. The van der Waals surface area contributed by atoms with Crippen LogP contribution in [0.25, 0.3) is 5.57 Å². The number of ether oxygens (including phenoxy) is 1. The van der Waals surface area contributed by atoms with Crippen LogP contribution >= 0.6 is 0 Å². The third kappa shape index (κ3) is 2.30. The summed E-state index contributed by atoms with van der Waals surface area (Å²) in [7, 11) is 1.36. The van der Waals surface area contributed by atoms with Crippen molar-refractivity contribution in [3.63, 3.8) is 0 Å². The third-order valence-electron chi connectivity index (χ3n) is 3.76. The number of methoxy groups -OCH3 is 1. The van der Waals surface area contributed by atoms with Gasteiger partial charge in [-0.25, -0.2) is 9.18 Å². The first-order valence-corrected chi connectivity index (χ1v) is 6.64. The molecular weight excluding hydrogens is 257 g/mol. The van der Waals surface area contributed by atoms with Gasteiger partial charge in [-0.3, -0.25) is 0 Å². The second-order valence-electron chi connectivity index (χ2n) is 5.71. The highest BCUT2D eigenvalue weighted by Crippen LogP contribution is 2.40. The van der Waals surface area contributed by atoms with Crippen LogP contribution < -0.4 is 4.90 Å². The average Bonchev–Trinajstić information content (AvgIpc) is 2.35. The third-order valence-corrected chi connectivity index (χ3v) is 3.76. The van der Waals surface area contributed by atoms with E-state index in [0.29, 0.717) is 0 Å². The van der Waals surface area contributed by atoms with Crippen molar-refractivity contribution in [1.82, 2.24) is 0 Å². The van der Waals surface area contributed by atoms with Crippen LogP contribution in [-0.4, -0.2) is 24.7 Å².